The summed E-state index contributed by atoms with van der Waals surface area (Å²) in [5.74, 6) is -0.364. The fourth-order valence-electron chi connectivity index (χ4n) is 2.79. The highest BCUT2D eigenvalue weighted by Crippen LogP contribution is 2.34. The maximum Gasteiger partial charge on any atom is 0.281 e. The number of thiophene rings is 1. The van der Waals surface area contributed by atoms with E-state index in [-0.39, 0.29) is 6.61 Å². The summed E-state index contributed by atoms with van der Waals surface area (Å²) in [6.07, 6.45) is 0. The van der Waals surface area contributed by atoms with E-state index >= 15 is 0 Å². The van der Waals surface area contributed by atoms with Crippen LogP contribution in [0.15, 0.2) is 66.7 Å². The van der Waals surface area contributed by atoms with Gasteiger partial charge in [0.2, 0.25) is 0 Å². The monoisotopic (exact) mass is 410 g/mol. The molecule has 0 saturated heterocycles. The predicted octanol–water partition coefficient (Wildman–Crippen LogP) is 4.55. The molecule has 7 heteroatoms. The van der Waals surface area contributed by atoms with Crippen molar-refractivity contribution in [2.45, 2.75) is 0 Å². The first-order valence-corrected chi connectivity index (χ1v) is 9.69. The van der Waals surface area contributed by atoms with Gasteiger partial charge in [0.05, 0.1) is 5.02 Å². The molecule has 0 aliphatic carbocycles. The van der Waals surface area contributed by atoms with Crippen LogP contribution < -0.4 is 15.6 Å². The number of hydrogen-bond donors (Lipinski definition) is 2. The van der Waals surface area contributed by atoms with Crippen LogP contribution >= 0.6 is 22.9 Å². The van der Waals surface area contributed by atoms with E-state index in [4.69, 9.17) is 16.3 Å². The van der Waals surface area contributed by atoms with Gasteiger partial charge < -0.3 is 4.74 Å². The summed E-state index contributed by atoms with van der Waals surface area (Å²) in [5.41, 5.74) is 4.72. The van der Waals surface area contributed by atoms with Crippen molar-refractivity contribution in [2.24, 2.45) is 0 Å². The van der Waals surface area contributed by atoms with E-state index in [2.05, 4.69) is 10.9 Å². The molecule has 0 radical (unpaired) electrons. The lowest BCUT2D eigenvalue weighted by molar-refractivity contribution is -0.123. The van der Waals surface area contributed by atoms with Gasteiger partial charge in [-0.2, -0.15) is 0 Å². The molecule has 2 N–H and O–H groups in total. The Morgan fingerprint density at radius 2 is 1.68 bits per heavy atom. The minimum atomic E-state index is -0.473. The molecule has 3 aromatic carbocycles. The quantitative estimate of drug-likeness (QED) is 0.485. The fraction of sp³-hybridized carbons (Fsp3) is 0.0476. The zero-order valence-corrected chi connectivity index (χ0v) is 16.1. The number of carbonyl (C=O) groups is 2. The SMILES string of the molecule is O=C(COc1ccc2ccccc2c1)NNC(=O)c1sc2ccccc2c1Cl. The number of fused-ring (bicyclic) bond motifs is 2. The first-order chi connectivity index (χ1) is 13.6. The zero-order valence-electron chi connectivity index (χ0n) is 14.6. The summed E-state index contributed by atoms with van der Waals surface area (Å²) in [6.45, 7) is -0.223. The summed E-state index contributed by atoms with van der Waals surface area (Å²) in [6, 6.07) is 20.9. The smallest absolute Gasteiger partial charge is 0.281 e. The van der Waals surface area contributed by atoms with E-state index < -0.39 is 11.8 Å². The summed E-state index contributed by atoms with van der Waals surface area (Å²) in [5, 5.41) is 3.30. The first kappa shape index (κ1) is 18.3. The van der Waals surface area contributed by atoms with Crippen LogP contribution in [0.25, 0.3) is 20.9 Å². The average molecular weight is 411 g/mol. The Bertz CT molecular complexity index is 1190. The number of benzene rings is 3. The van der Waals surface area contributed by atoms with Gasteiger partial charge in [0.25, 0.3) is 11.8 Å². The lowest BCUT2D eigenvalue weighted by Gasteiger charge is -2.09. The third-order valence-electron chi connectivity index (χ3n) is 4.15. The summed E-state index contributed by atoms with van der Waals surface area (Å²) in [4.78, 5) is 24.7. The lowest BCUT2D eigenvalue weighted by Crippen LogP contribution is -2.43. The fourth-order valence-corrected chi connectivity index (χ4v) is 4.20. The van der Waals surface area contributed by atoms with Crippen molar-refractivity contribution in [3.05, 3.63) is 76.6 Å². The van der Waals surface area contributed by atoms with Crippen molar-refractivity contribution in [2.75, 3.05) is 6.61 Å². The molecule has 0 saturated carbocycles. The molecule has 0 unspecified atom stereocenters. The maximum absolute atomic E-state index is 12.3. The Hall–Kier alpha value is -3.09. The molecule has 2 amide bonds. The Balaban J connectivity index is 1.34. The van der Waals surface area contributed by atoms with Crippen LogP contribution in [0.5, 0.6) is 5.75 Å². The van der Waals surface area contributed by atoms with Gasteiger partial charge in [-0.3, -0.25) is 20.4 Å². The van der Waals surface area contributed by atoms with Crippen LogP contribution in [0.3, 0.4) is 0 Å². The Labute approximate surface area is 169 Å². The van der Waals surface area contributed by atoms with Gasteiger partial charge in [-0.05, 0) is 29.0 Å². The summed E-state index contributed by atoms with van der Waals surface area (Å²) < 4.78 is 6.40. The Kier molecular flexibility index (Phi) is 5.14. The van der Waals surface area contributed by atoms with Gasteiger partial charge >= 0.3 is 0 Å². The molecule has 140 valence electrons. The number of amides is 2. The Morgan fingerprint density at radius 3 is 2.50 bits per heavy atom. The van der Waals surface area contributed by atoms with Crippen molar-refractivity contribution in [1.29, 1.82) is 0 Å². The van der Waals surface area contributed by atoms with Crippen molar-refractivity contribution in [1.82, 2.24) is 10.9 Å². The van der Waals surface area contributed by atoms with Gasteiger partial charge in [0.15, 0.2) is 6.61 Å². The molecule has 0 fully saturated rings. The van der Waals surface area contributed by atoms with Gasteiger partial charge in [-0.1, -0.05) is 60.1 Å². The number of carbonyl (C=O) groups excluding carboxylic acids is 2. The molecule has 4 rings (SSSR count). The molecule has 1 aromatic heterocycles. The molecule has 28 heavy (non-hydrogen) atoms. The number of ether oxygens (including phenoxy) is 1. The molecule has 4 aromatic rings. The van der Waals surface area contributed by atoms with Crippen LogP contribution in [-0.4, -0.2) is 18.4 Å². The van der Waals surface area contributed by atoms with Crippen LogP contribution in [0.2, 0.25) is 5.02 Å². The van der Waals surface area contributed by atoms with Crippen molar-refractivity contribution in [3.8, 4) is 5.75 Å². The number of hydrogen-bond acceptors (Lipinski definition) is 4. The molecule has 0 spiro atoms. The Morgan fingerprint density at radius 1 is 0.929 bits per heavy atom. The van der Waals surface area contributed by atoms with Crippen LogP contribution in [0, 0.1) is 0 Å². The van der Waals surface area contributed by atoms with E-state index in [1.807, 2.05) is 60.7 Å². The third-order valence-corrected chi connectivity index (χ3v) is 5.82. The van der Waals surface area contributed by atoms with Gasteiger partial charge in [0, 0.05) is 10.1 Å². The molecule has 0 aliphatic heterocycles. The molecule has 0 aliphatic rings. The van der Waals surface area contributed by atoms with Crippen LogP contribution in [-0.2, 0) is 4.79 Å². The first-order valence-electron chi connectivity index (χ1n) is 8.49. The highest BCUT2D eigenvalue weighted by molar-refractivity contribution is 7.21. The van der Waals surface area contributed by atoms with E-state index in [0.29, 0.717) is 15.6 Å². The molecule has 0 atom stereocenters. The minimum Gasteiger partial charge on any atom is -0.484 e. The molecular weight excluding hydrogens is 396 g/mol. The van der Waals surface area contributed by atoms with Gasteiger partial charge in [-0.25, -0.2) is 0 Å². The van der Waals surface area contributed by atoms with E-state index in [9.17, 15) is 9.59 Å². The number of halogens is 1. The third kappa shape index (κ3) is 3.78. The lowest BCUT2D eigenvalue weighted by atomic mass is 10.1. The number of rotatable bonds is 4. The average Bonchev–Trinajstić information content (AvgIpc) is 3.07. The molecule has 0 bridgehead atoms. The normalized spacial score (nSPS) is 10.8. The van der Waals surface area contributed by atoms with E-state index in [0.717, 1.165) is 20.9 Å². The molecular formula is C21H15ClN2O3S. The number of nitrogens with one attached hydrogen (secondary N) is 2. The van der Waals surface area contributed by atoms with Gasteiger partial charge in [0.1, 0.15) is 10.6 Å². The second-order valence-electron chi connectivity index (χ2n) is 6.04. The van der Waals surface area contributed by atoms with E-state index in [1.54, 1.807) is 6.07 Å². The summed E-state index contributed by atoms with van der Waals surface area (Å²) in [7, 11) is 0. The maximum atomic E-state index is 12.3. The second kappa shape index (κ2) is 7.88. The topological polar surface area (TPSA) is 67.4 Å². The predicted molar refractivity (Wildman–Crippen MR) is 112 cm³/mol. The van der Waals surface area contributed by atoms with E-state index in [1.165, 1.54) is 11.3 Å². The standard InChI is InChI=1S/C21H15ClN2O3S/c22-19-16-7-3-4-8-17(16)28-20(19)21(26)24-23-18(25)12-27-15-10-9-13-5-1-2-6-14(13)11-15/h1-11H,12H2,(H,23,25)(H,24,26). The largest absolute Gasteiger partial charge is 0.484 e. The highest BCUT2D eigenvalue weighted by Gasteiger charge is 2.17. The van der Waals surface area contributed by atoms with Gasteiger partial charge in [-0.15, -0.1) is 11.3 Å². The zero-order chi connectivity index (χ0) is 19.5. The van der Waals surface area contributed by atoms with Crippen molar-refractivity contribution < 1.29 is 14.3 Å². The summed E-state index contributed by atoms with van der Waals surface area (Å²) >= 11 is 7.54. The molecule has 5 nitrogen and oxygen atoms in total. The second-order valence-corrected chi connectivity index (χ2v) is 7.47. The number of hydrazine groups is 1. The van der Waals surface area contributed by atoms with Crippen LogP contribution in [0.1, 0.15) is 9.67 Å². The molecule has 1 heterocycles. The van der Waals surface area contributed by atoms with Crippen molar-refractivity contribution >= 4 is 55.6 Å². The van der Waals surface area contributed by atoms with Crippen LogP contribution in [0.4, 0.5) is 0 Å². The highest BCUT2D eigenvalue weighted by atomic mass is 35.5. The minimum absolute atomic E-state index is 0.223. The van der Waals surface area contributed by atoms with Crippen molar-refractivity contribution in [3.63, 3.8) is 0 Å².